The van der Waals surface area contributed by atoms with Crippen molar-refractivity contribution >= 4 is 21.7 Å². The zero-order valence-corrected chi connectivity index (χ0v) is 15.2. The molecule has 1 aromatic carbocycles. The van der Waals surface area contributed by atoms with Crippen molar-refractivity contribution in [2.75, 3.05) is 18.1 Å². The van der Waals surface area contributed by atoms with Crippen LogP contribution in [0, 0.1) is 12.8 Å². The van der Waals surface area contributed by atoms with Crippen LogP contribution in [-0.4, -0.2) is 41.5 Å². The van der Waals surface area contributed by atoms with Gasteiger partial charge in [0.05, 0.1) is 6.26 Å². The summed E-state index contributed by atoms with van der Waals surface area (Å²) in [6, 6.07) is 8.29. The quantitative estimate of drug-likeness (QED) is 0.909. The molecule has 6 nitrogen and oxygen atoms in total. The van der Waals surface area contributed by atoms with Gasteiger partial charge in [-0.3, -0.25) is 0 Å². The lowest BCUT2D eigenvalue weighted by Crippen LogP contribution is -2.38. The molecule has 1 aliphatic carbocycles. The first-order valence-corrected chi connectivity index (χ1v) is 10.4. The number of aromatic nitrogens is 2. The predicted octanol–water partition coefficient (Wildman–Crippen LogP) is 2.67. The molecule has 1 N–H and O–H groups in total. The number of hydrogen-bond donors (Lipinski definition) is 1. The van der Waals surface area contributed by atoms with Crippen LogP contribution in [0.2, 0.25) is 0 Å². The van der Waals surface area contributed by atoms with Crippen LogP contribution in [0.3, 0.4) is 0 Å². The number of hydrogen-bond acceptors (Lipinski definition) is 5. The minimum Gasteiger partial charge on any atom is -0.324 e. The number of sulfonamides is 1. The third-order valence-electron chi connectivity index (χ3n) is 5.41. The zero-order chi connectivity index (χ0) is 17.6. The Hall–Kier alpha value is -1.99. The molecule has 4 rings (SSSR count). The highest BCUT2D eigenvalue weighted by Crippen LogP contribution is 2.49. The Bertz CT molecular complexity index is 885. The van der Waals surface area contributed by atoms with Gasteiger partial charge in [0.15, 0.2) is 0 Å². The lowest BCUT2D eigenvalue weighted by atomic mass is 9.85. The molecule has 1 aliphatic heterocycles. The zero-order valence-electron chi connectivity index (χ0n) is 14.4. The largest absolute Gasteiger partial charge is 0.324 e. The molecular formula is C18H22N4O2S. The van der Waals surface area contributed by atoms with E-state index in [-0.39, 0.29) is 6.04 Å². The standard InChI is InChI=1S/C18H22N4O2S/c1-12-8-14(21-18-19-6-3-7-20-18)4-5-16(12)17-10-15-9-13(17)11-22(15)25(2,23)24/h3-8,13,15,17H,9-11H2,1-2H3,(H,19,20,21). The molecule has 132 valence electrons. The highest BCUT2D eigenvalue weighted by Gasteiger charge is 2.48. The summed E-state index contributed by atoms with van der Waals surface area (Å²) in [7, 11) is -3.08. The van der Waals surface area contributed by atoms with Crippen LogP contribution in [0.1, 0.15) is 29.9 Å². The molecule has 0 radical (unpaired) electrons. The first kappa shape index (κ1) is 16.5. The van der Waals surface area contributed by atoms with Crippen LogP contribution in [0.15, 0.2) is 36.7 Å². The van der Waals surface area contributed by atoms with Gasteiger partial charge in [0.2, 0.25) is 16.0 Å². The summed E-state index contributed by atoms with van der Waals surface area (Å²) in [5.74, 6) is 1.46. The molecule has 2 aromatic rings. The van der Waals surface area contributed by atoms with Crippen molar-refractivity contribution in [3.8, 4) is 0 Å². The van der Waals surface area contributed by atoms with Gasteiger partial charge in [0.1, 0.15) is 0 Å². The fourth-order valence-electron chi connectivity index (χ4n) is 4.36. The van der Waals surface area contributed by atoms with E-state index in [1.54, 1.807) is 22.8 Å². The van der Waals surface area contributed by atoms with Gasteiger partial charge in [-0.1, -0.05) is 6.07 Å². The third kappa shape index (κ3) is 3.14. The fourth-order valence-corrected chi connectivity index (χ4v) is 5.54. The Labute approximate surface area is 148 Å². The van der Waals surface area contributed by atoms with Gasteiger partial charge in [-0.25, -0.2) is 18.4 Å². The van der Waals surface area contributed by atoms with Crippen molar-refractivity contribution in [2.45, 2.75) is 31.7 Å². The minimum atomic E-state index is -3.08. The lowest BCUT2D eigenvalue weighted by Gasteiger charge is -2.30. The Morgan fingerprint density at radius 1 is 1.20 bits per heavy atom. The third-order valence-corrected chi connectivity index (χ3v) is 6.71. The Morgan fingerprint density at radius 3 is 2.56 bits per heavy atom. The molecule has 0 amide bonds. The molecular weight excluding hydrogens is 336 g/mol. The maximum Gasteiger partial charge on any atom is 0.227 e. The van der Waals surface area contributed by atoms with Gasteiger partial charge in [-0.05, 0) is 60.9 Å². The Balaban J connectivity index is 1.51. The van der Waals surface area contributed by atoms with Gasteiger partial charge in [0, 0.05) is 30.7 Å². The second-order valence-electron chi connectivity index (χ2n) is 7.09. The normalized spacial score (nSPS) is 26.1. The van der Waals surface area contributed by atoms with E-state index in [2.05, 4.69) is 40.4 Å². The first-order valence-electron chi connectivity index (χ1n) is 8.53. The molecule has 25 heavy (non-hydrogen) atoms. The Morgan fingerprint density at radius 2 is 1.96 bits per heavy atom. The molecule has 2 heterocycles. The number of benzene rings is 1. The van der Waals surface area contributed by atoms with Crippen LogP contribution in [0.4, 0.5) is 11.6 Å². The van der Waals surface area contributed by atoms with Gasteiger partial charge in [0.25, 0.3) is 0 Å². The minimum absolute atomic E-state index is 0.167. The molecule has 1 saturated carbocycles. The number of fused-ring (bicyclic) bond motifs is 2. The molecule has 3 unspecified atom stereocenters. The van der Waals surface area contributed by atoms with Gasteiger partial charge in [-0.15, -0.1) is 0 Å². The van der Waals surface area contributed by atoms with Crippen LogP contribution in [-0.2, 0) is 10.0 Å². The van der Waals surface area contributed by atoms with E-state index < -0.39 is 10.0 Å². The maximum atomic E-state index is 11.9. The molecule has 3 atom stereocenters. The molecule has 2 fully saturated rings. The van der Waals surface area contributed by atoms with Gasteiger partial charge in [-0.2, -0.15) is 4.31 Å². The second kappa shape index (κ2) is 6.07. The van der Waals surface area contributed by atoms with E-state index in [1.807, 2.05) is 0 Å². The topological polar surface area (TPSA) is 75.2 Å². The highest BCUT2D eigenvalue weighted by molar-refractivity contribution is 7.88. The van der Waals surface area contributed by atoms with Crippen molar-refractivity contribution in [1.82, 2.24) is 14.3 Å². The summed E-state index contributed by atoms with van der Waals surface area (Å²) >= 11 is 0. The average molecular weight is 358 g/mol. The predicted molar refractivity (Wildman–Crippen MR) is 97.3 cm³/mol. The number of aryl methyl sites for hydroxylation is 1. The van der Waals surface area contributed by atoms with Crippen molar-refractivity contribution in [3.05, 3.63) is 47.8 Å². The van der Waals surface area contributed by atoms with E-state index >= 15 is 0 Å². The summed E-state index contributed by atoms with van der Waals surface area (Å²) in [5.41, 5.74) is 3.53. The monoisotopic (exact) mass is 358 g/mol. The van der Waals surface area contributed by atoms with E-state index in [1.165, 1.54) is 17.4 Å². The molecule has 1 saturated heterocycles. The van der Waals surface area contributed by atoms with E-state index in [0.717, 1.165) is 18.5 Å². The van der Waals surface area contributed by atoms with E-state index in [0.29, 0.717) is 24.3 Å². The summed E-state index contributed by atoms with van der Waals surface area (Å²) in [6.07, 6.45) is 6.64. The summed E-state index contributed by atoms with van der Waals surface area (Å²) in [4.78, 5) is 8.36. The van der Waals surface area contributed by atoms with Crippen molar-refractivity contribution < 1.29 is 8.42 Å². The maximum absolute atomic E-state index is 11.9. The molecule has 7 heteroatoms. The summed E-state index contributed by atoms with van der Waals surface area (Å²) in [5, 5.41) is 3.21. The smallest absolute Gasteiger partial charge is 0.227 e. The van der Waals surface area contributed by atoms with Crippen LogP contribution in [0.25, 0.3) is 0 Å². The SMILES string of the molecule is Cc1cc(Nc2ncccn2)ccc1C1CC2CC1CN2S(C)(=O)=O. The highest BCUT2D eigenvalue weighted by atomic mass is 32.2. The van der Waals surface area contributed by atoms with Crippen molar-refractivity contribution in [2.24, 2.45) is 5.92 Å². The van der Waals surface area contributed by atoms with E-state index in [9.17, 15) is 8.42 Å². The average Bonchev–Trinajstić information content (AvgIpc) is 3.16. The number of anilines is 2. The molecule has 0 spiro atoms. The Kier molecular flexibility index (Phi) is 4.00. The number of nitrogens with zero attached hydrogens (tertiary/aromatic N) is 3. The van der Waals surface area contributed by atoms with Gasteiger partial charge < -0.3 is 5.32 Å². The lowest BCUT2D eigenvalue weighted by molar-refractivity contribution is 0.310. The molecule has 1 aromatic heterocycles. The van der Waals surface area contributed by atoms with Crippen LogP contribution in [0.5, 0.6) is 0 Å². The first-order chi connectivity index (χ1) is 11.9. The van der Waals surface area contributed by atoms with Gasteiger partial charge >= 0.3 is 0 Å². The van der Waals surface area contributed by atoms with Crippen molar-refractivity contribution in [1.29, 1.82) is 0 Å². The van der Waals surface area contributed by atoms with E-state index in [4.69, 9.17) is 0 Å². The molecule has 2 aliphatic rings. The van der Waals surface area contributed by atoms with Crippen molar-refractivity contribution in [3.63, 3.8) is 0 Å². The fraction of sp³-hybridized carbons (Fsp3) is 0.444. The number of nitrogens with one attached hydrogen (secondary N) is 1. The second-order valence-corrected chi connectivity index (χ2v) is 9.03. The summed E-state index contributed by atoms with van der Waals surface area (Å²) < 4.78 is 25.4. The number of piperidine rings is 1. The van der Waals surface area contributed by atoms with Crippen LogP contribution >= 0.6 is 0 Å². The molecule has 2 bridgehead atoms. The van der Waals surface area contributed by atoms with Crippen LogP contribution < -0.4 is 5.32 Å². The summed E-state index contributed by atoms with van der Waals surface area (Å²) in [6.45, 7) is 2.78. The number of rotatable bonds is 4.